The Morgan fingerprint density at radius 1 is 1.33 bits per heavy atom. The average molecular weight is 402 g/mol. The molecule has 2 aromatic heterocycles. The molecule has 0 atom stereocenters. The lowest BCUT2D eigenvalue weighted by Gasteiger charge is -2.14. The Morgan fingerprint density at radius 3 is 2.74 bits per heavy atom. The zero-order chi connectivity index (χ0) is 19.9. The first-order valence-electron chi connectivity index (χ1n) is 8.02. The van der Waals surface area contributed by atoms with Crippen LogP contribution in [0.3, 0.4) is 0 Å². The largest absolute Gasteiger partial charge is 0.475 e. The Labute approximate surface area is 159 Å². The number of nitrogens with zero attached hydrogens (tertiary/aromatic N) is 4. The van der Waals surface area contributed by atoms with E-state index < -0.39 is 17.6 Å². The zero-order valence-electron chi connectivity index (χ0n) is 15.2. The third-order valence-corrected chi connectivity index (χ3v) is 4.35. The Morgan fingerprint density at radius 2 is 2.11 bits per heavy atom. The lowest BCUT2D eigenvalue weighted by Crippen LogP contribution is -2.39. The molecule has 0 aliphatic carbocycles. The second-order valence-corrected chi connectivity index (χ2v) is 6.41. The number of hydrogen-bond donors (Lipinski definition) is 2. The van der Waals surface area contributed by atoms with Crippen LogP contribution in [0.15, 0.2) is 28.7 Å². The van der Waals surface area contributed by atoms with Crippen molar-refractivity contribution in [3.8, 4) is 5.88 Å². The number of ether oxygens (including phenoxy) is 1. The standard InChI is InChI=1S/C16H21F3N6OS/c1-20-14(23-9-11-10-27-15(24-11)25(2)3)22-7-8-26-13-12(16(17,18)19)5-4-6-21-13/h4-6,10H,7-9H2,1-3H3,(H2,20,22,23). The van der Waals surface area contributed by atoms with Crippen molar-refractivity contribution >= 4 is 22.4 Å². The van der Waals surface area contributed by atoms with E-state index in [4.69, 9.17) is 4.74 Å². The second-order valence-electron chi connectivity index (χ2n) is 5.57. The molecule has 0 saturated heterocycles. The van der Waals surface area contributed by atoms with E-state index in [0.29, 0.717) is 12.5 Å². The summed E-state index contributed by atoms with van der Waals surface area (Å²) >= 11 is 1.53. The summed E-state index contributed by atoms with van der Waals surface area (Å²) in [6, 6.07) is 2.16. The molecular weight excluding hydrogens is 381 g/mol. The molecule has 2 heterocycles. The van der Waals surface area contributed by atoms with Crippen molar-refractivity contribution in [1.82, 2.24) is 20.6 Å². The third kappa shape index (κ3) is 6.27. The van der Waals surface area contributed by atoms with Gasteiger partial charge in [-0.1, -0.05) is 0 Å². The summed E-state index contributed by atoms with van der Waals surface area (Å²) in [6.07, 6.45) is -3.25. The third-order valence-electron chi connectivity index (χ3n) is 3.29. The molecular formula is C16H21F3N6OS. The van der Waals surface area contributed by atoms with Gasteiger partial charge in [-0.3, -0.25) is 4.99 Å². The molecule has 148 valence electrons. The Hall–Kier alpha value is -2.56. The van der Waals surface area contributed by atoms with Gasteiger partial charge in [0.2, 0.25) is 5.88 Å². The van der Waals surface area contributed by atoms with Crippen molar-refractivity contribution in [1.29, 1.82) is 0 Å². The molecule has 2 N–H and O–H groups in total. The van der Waals surface area contributed by atoms with Crippen molar-refractivity contribution in [3.63, 3.8) is 0 Å². The SMILES string of the molecule is CN=C(NCCOc1ncccc1C(F)(F)F)NCc1csc(N(C)C)n1. The average Bonchev–Trinajstić information content (AvgIpc) is 3.10. The maximum Gasteiger partial charge on any atom is 0.421 e. The number of rotatable bonds is 7. The van der Waals surface area contributed by atoms with E-state index in [1.807, 2.05) is 24.4 Å². The molecule has 0 radical (unpaired) electrons. The van der Waals surface area contributed by atoms with Crippen molar-refractivity contribution in [2.24, 2.45) is 4.99 Å². The maximum absolute atomic E-state index is 12.9. The number of thiazole rings is 1. The predicted octanol–water partition coefficient (Wildman–Crippen LogP) is 2.37. The fourth-order valence-corrected chi connectivity index (χ4v) is 2.77. The minimum atomic E-state index is -4.51. The Bertz CT molecular complexity index is 763. The number of anilines is 1. The summed E-state index contributed by atoms with van der Waals surface area (Å²) < 4.78 is 43.8. The van der Waals surface area contributed by atoms with E-state index in [0.717, 1.165) is 16.9 Å². The molecule has 11 heteroatoms. The van der Waals surface area contributed by atoms with Gasteiger partial charge in [0.25, 0.3) is 0 Å². The van der Waals surface area contributed by atoms with Gasteiger partial charge in [-0.05, 0) is 12.1 Å². The van der Waals surface area contributed by atoms with Crippen LogP contribution in [0.2, 0.25) is 0 Å². The second kappa shape index (κ2) is 9.40. The van der Waals surface area contributed by atoms with Crippen LogP contribution in [0.25, 0.3) is 0 Å². The molecule has 0 unspecified atom stereocenters. The van der Waals surface area contributed by atoms with Crippen LogP contribution in [0, 0.1) is 0 Å². The summed E-state index contributed by atoms with van der Waals surface area (Å²) in [7, 11) is 5.44. The van der Waals surface area contributed by atoms with Crippen LogP contribution in [0.5, 0.6) is 5.88 Å². The summed E-state index contributed by atoms with van der Waals surface area (Å²) in [5.74, 6) is 0.0588. The van der Waals surface area contributed by atoms with E-state index in [2.05, 4.69) is 25.6 Å². The minimum absolute atomic E-state index is 0.00225. The van der Waals surface area contributed by atoms with E-state index in [-0.39, 0.29) is 13.2 Å². The Kier molecular flexibility index (Phi) is 7.22. The molecule has 2 aromatic rings. The molecule has 0 spiro atoms. The topological polar surface area (TPSA) is 74.7 Å². The van der Waals surface area contributed by atoms with Crippen LogP contribution in [-0.4, -0.2) is 50.2 Å². The van der Waals surface area contributed by atoms with Crippen LogP contribution in [-0.2, 0) is 12.7 Å². The first kappa shape index (κ1) is 20.7. The highest BCUT2D eigenvalue weighted by atomic mass is 32.1. The molecule has 0 saturated carbocycles. The summed E-state index contributed by atoms with van der Waals surface area (Å²) in [5.41, 5.74) is -0.0288. The van der Waals surface area contributed by atoms with Crippen molar-refractivity contribution in [3.05, 3.63) is 35.0 Å². The van der Waals surface area contributed by atoms with Gasteiger partial charge in [0, 0.05) is 32.7 Å². The molecule has 2 rings (SSSR count). The van der Waals surface area contributed by atoms with Crippen LogP contribution in [0.4, 0.5) is 18.3 Å². The fourth-order valence-electron chi connectivity index (χ4n) is 2.02. The molecule has 0 aliphatic heterocycles. The van der Waals surface area contributed by atoms with Gasteiger partial charge in [0.1, 0.15) is 12.2 Å². The number of aromatic nitrogens is 2. The van der Waals surface area contributed by atoms with E-state index >= 15 is 0 Å². The monoisotopic (exact) mass is 402 g/mol. The van der Waals surface area contributed by atoms with Gasteiger partial charge in [-0.2, -0.15) is 13.2 Å². The summed E-state index contributed by atoms with van der Waals surface area (Å²) in [6.45, 7) is 0.735. The normalized spacial score (nSPS) is 12.0. The summed E-state index contributed by atoms with van der Waals surface area (Å²) in [4.78, 5) is 14.1. The number of alkyl halides is 3. The molecule has 0 amide bonds. The van der Waals surface area contributed by atoms with Crippen LogP contribution in [0.1, 0.15) is 11.3 Å². The number of halogens is 3. The van der Waals surface area contributed by atoms with Gasteiger partial charge in [-0.15, -0.1) is 11.3 Å². The molecule has 0 aromatic carbocycles. The highest BCUT2D eigenvalue weighted by molar-refractivity contribution is 7.13. The minimum Gasteiger partial charge on any atom is -0.475 e. The molecule has 7 nitrogen and oxygen atoms in total. The van der Waals surface area contributed by atoms with Gasteiger partial charge < -0.3 is 20.3 Å². The fraction of sp³-hybridized carbons (Fsp3) is 0.438. The number of hydrogen-bond acceptors (Lipinski definition) is 6. The first-order valence-corrected chi connectivity index (χ1v) is 8.90. The number of guanidine groups is 1. The quantitative estimate of drug-likeness (QED) is 0.421. The molecule has 27 heavy (non-hydrogen) atoms. The van der Waals surface area contributed by atoms with E-state index in [1.165, 1.54) is 23.6 Å². The van der Waals surface area contributed by atoms with E-state index in [9.17, 15) is 13.2 Å². The smallest absolute Gasteiger partial charge is 0.421 e. The Balaban J connectivity index is 1.78. The maximum atomic E-state index is 12.9. The molecule has 0 fully saturated rings. The molecule has 0 aliphatic rings. The lowest BCUT2D eigenvalue weighted by molar-refractivity contribution is -0.139. The number of nitrogens with one attached hydrogen (secondary N) is 2. The number of aliphatic imine (C=N–C) groups is 1. The molecule has 0 bridgehead atoms. The lowest BCUT2D eigenvalue weighted by atomic mass is 10.2. The van der Waals surface area contributed by atoms with Crippen LogP contribution < -0.4 is 20.3 Å². The van der Waals surface area contributed by atoms with Crippen molar-refractivity contribution in [2.75, 3.05) is 39.2 Å². The van der Waals surface area contributed by atoms with Crippen LogP contribution >= 0.6 is 11.3 Å². The first-order chi connectivity index (χ1) is 12.8. The number of pyridine rings is 1. The van der Waals surface area contributed by atoms with Gasteiger partial charge >= 0.3 is 6.18 Å². The van der Waals surface area contributed by atoms with Gasteiger partial charge in [0.15, 0.2) is 11.1 Å². The summed E-state index contributed by atoms with van der Waals surface area (Å²) in [5, 5.41) is 8.90. The van der Waals surface area contributed by atoms with Crippen molar-refractivity contribution in [2.45, 2.75) is 12.7 Å². The van der Waals surface area contributed by atoms with Crippen molar-refractivity contribution < 1.29 is 17.9 Å². The highest BCUT2D eigenvalue weighted by Crippen LogP contribution is 2.34. The highest BCUT2D eigenvalue weighted by Gasteiger charge is 2.34. The van der Waals surface area contributed by atoms with E-state index in [1.54, 1.807) is 7.05 Å². The van der Waals surface area contributed by atoms with Gasteiger partial charge in [0.05, 0.1) is 18.8 Å². The van der Waals surface area contributed by atoms with Gasteiger partial charge in [-0.25, -0.2) is 9.97 Å². The predicted molar refractivity (Wildman–Crippen MR) is 99.4 cm³/mol. The zero-order valence-corrected chi connectivity index (χ0v) is 16.0.